The molecule has 1 N–H and O–H groups in total. The van der Waals surface area contributed by atoms with Crippen LogP contribution < -0.4 is 10.1 Å². The maximum atomic E-state index is 11.9. The van der Waals surface area contributed by atoms with Crippen molar-refractivity contribution in [2.45, 2.75) is 6.92 Å². The first-order valence-electron chi connectivity index (χ1n) is 7.52. The van der Waals surface area contributed by atoms with E-state index in [4.69, 9.17) is 9.47 Å². The number of anilines is 1. The molecule has 0 amide bonds. The van der Waals surface area contributed by atoms with Crippen molar-refractivity contribution in [3.05, 3.63) is 65.9 Å². The zero-order chi connectivity index (χ0) is 18.2. The Kier molecular flexibility index (Phi) is 6.17. The van der Waals surface area contributed by atoms with Crippen LogP contribution in [0.15, 0.2) is 60.3 Å². The molecular formula is C19H19NO5. The summed E-state index contributed by atoms with van der Waals surface area (Å²) in [5.74, 6) is -0.218. The molecule has 0 bridgehead atoms. The normalized spacial score (nSPS) is 10.8. The number of aryl methyl sites for hydroxylation is 1. The van der Waals surface area contributed by atoms with Gasteiger partial charge in [-0.3, -0.25) is 0 Å². The summed E-state index contributed by atoms with van der Waals surface area (Å²) in [6.45, 7) is 1.85. The lowest BCUT2D eigenvalue weighted by atomic mass is 10.1. The fourth-order valence-corrected chi connectivity index (χ4v) is 2.07. The van der Waals surface area contributed by atoms with Crippen molar-refractivity contribution in [3.8, 4) is 11.5 Å². The molecular weight excluding hydrogens is 322 g/mol. The third-order valence-corrected chi connectivity index (χ3v) is 3.33. The van der Waals surface area contributed by atoms with Crippen LogP contribution in [0.1, 0.15) is 5.56 Å². The Labute approximate surface area is 146 Å². The van der Waals surface area contributed by atoms with Crippen LogP contribution in [0.4, 0.5) is 5.69 Å². The Morgan fingerprint density at radius 2 is 1.68 bits per heavy atom. The molecule has 2 aromatic rings. The minimum atomic E-state index is -0.695. The Morgan fingerprint density at radius 1 is 0.960 bits per heavy atom. The second kappa shape index (κ2) is 8.54. The standard InChI is InChI=1S/C19H19NO5/c1-13-8-7-11-16(25-14-9-5-4-6-10-14)18(13)20-15(19(22)24-3)12-17(21)23-2/h4-12,20H,1-3H3/b15-12+. The number of ether oxygens (including phenoxy) is 3. The van der Waals surface area contributed by atoms with Gasteiger partial charge in [0, 0.05) is 0 Å². The van der Waals surface area contributed by atoms with Crippen LogP contribution in [0.3, 0.4) is 0 Å². The topological polar surface area (TPSA) is 73.9 Å². The second-order valence-electron chi connectivity index (χ2n) is 5.06. The lowest BCUT2D eigenvalue weighted by Gasteiger charge is -2.16. The molecule has 6 nitrogen and oxygen atoms in total. The van der Waals surface area contributed by atoms with Crippen molar-refractivity contribution < 1.29 is 23.8 Å². The Bertz CT molecular complexity index is 784. The predicted molar refractivity (Wildman–Crippen MR) is 93.4 cm³/mol. The predicted octanol–water partition coefficient (Wildman–Crippen LogP) is 3.43. The monoisotopic (exact) mass is 341 g/mol. The SMILES string of the molecule is COC(=O)/C=C(/Nc1c(C)cccc1Oc1ccccc1)C(=O)OC. The molecule has 0 heterocycles. The van der Waals surface area contributed by atoms with Crippen molar-refractivity contribution in [3.63, 3.8) is 0 Å². The Morgan fingerprint density at radius 3 is 2.32 bits per heavy atom. The van der Waals surface area contributed by atoms with Gasteiger partial charge in [0.15, 0.2) is 5.75 Å². The number of methoxy groups -OCH3 is 2. The molecule has 130 valence electrons. The van der Waals surface area contributed by atoms with Crippen molar-refractivity contribution in [2.24, 2.45) is 0 Å². The average Bonchev–Trinajstić information content (AvgIpc) is 2.63. The van der Waals surface area contributed by atoms with E-state index in [0.29, 0.717) is 17.2 Å². The average molecular weight is 341 g/mol. The zero-order valence-corrected chi connectivity index (χ0v) is 14.2. The molecule has 0 aliphatic carbocycles. The fourth-order valence-electron chi connectivity index (χ4n) is 2.07. The quantitative estimate of drug-likeness (QED) is 0.641. The minimum Gasteiger partial charge on any atom is -0.466 e. The highest BCUT2D eigenvalue weighted by Gasteiger charge is 2.16. The van der Waals surface area contributed by atoms with Crippen molar-refractivity contribution >= 4 is 17.6 Å². The van der Waals surface area contributed by atoms with E-state index >= 15 is 0 Å². The van der Waals surface area contributed by atoms with E-state index in [2.05, 4.69) is 10.1 Å². The third kappa shape index (κ3) is 4.84. The summed E-state index contributed by atoms with van der Waals surface area (Å²) in [5, 5.41) is 2.91. The van der Waals surface area contributed by atoms with E-state index in [1.54, 1.807) is 6.07 Å². The highest BCUT2D eigenvalue weighted by Crippen LogP contribution is 2.33. The van der Waals surface area contributed by atoms with Gasteiger partial charge in [-0.15, -0.1) is 0 Å². The first-order valence-corrected chi connectivity index (χ1v) is 7.52. The highest BCUT2D eigenvalue weighted by atomic mass is 16.5. The number of rotatable bonds is 6. The summed E-state index contributed by atoms with van der Waals surface area (Å²) in [5.41, 5.74) is 1.32. The maximum absolute atomic E-state index is 11.9. The van der Waals surface area contributed by atoms with Crippen LogP contribution in [0.25, 0.3) is 0 Å². The van der Waals surface area contributed by atoms with Crippen LogP contribution in [0.2, 0.25) is 0 Å². The van der Waals surface area contributed by atoms with Gasteiger partial charge in [0.25, 0.3) is 0 Å². The number of benzene rings is 2. The number of nitrogens with one attached hydrogen (secondary N) is 1. The van der Waals surface area contributed by atoms with Crippen molar-refractivity contribution in [1.82, 2.24) is 0 Å². The summed E-state index contributed by atoms with van der Waals surface area (Å²) in [6, 6.07) is 14.7. The van der Waals surface area contributed by atoms with Gasteiger partial charge >= 0.3 is 11.9 Å². The fraction of sp³-hybridized carbons (Fsp3) is 0.158. The summed E-state index contributed by atoms with van der Waals surface area (Å²) in [7, 11) is 2.46. The number of esters is 2. The first-order chi connectivity index (χ1) is 12.0. The molecule has 0 saturated carbocycles. The van der Waals surface area contributed by atoms with E-state index in [9.17, 15) is 9.59 Å². The van der Waals surface area contributed by atoms with Crippen LogP contribution in [-0.4, -0.2) is 26.2 Å². The molecule has 0 aromatic heterocycles. The largest absolute Gasteiger partial charge is 0.466 e. The molecule has 0 unspecified atom stereocenters. The minimum absolute atomic E-state index is 0.0541. The van der Waals surface area contributed by atoms with Gasteiger partial charge in [-0.1, -0.05) is 30.3 Å². The molecule has 0 fully saturated rings. The van der Waals surface area contributed by atoms with E-state index in [-0.39, 0.29) is 5.70 Å². The number of hydrogen-bond donors (Lipinski definition) is 1. The molecule has 0 saturated heterocycles. The van der Waals surface area contributed by atoms with E-state index in [0.717, 1.165) is 11.6 Å². The van der Waals surface area contributed by atoms with E-state index < -0.39 is 11.9 Å². The molecule has 0 atom stereocenters. The van der Waals surface area contributed by atoms with Gasteiger partial charge < -0.3 is 19.5 Å². The number of carbonyl (C=O) groups is 2. The van der Waals surface area contributed by atoms with Gasteiger partial charge in [0.05, 0.1) is 26.0 Å². The van der Waals surface area contributed by atoms with Gasteiger partial charge in [0.1, 0.15) is 11.4 Å². The van der Waals surface area contributed by atoms with Crippen molar-refractivity contribution in [1.29, 1.82) is 0 Å². The smallest absolute Gasteiger partial charge is 0.354 e. The van der Waals surface area contributed by atoms with Gasteiger partial charge in [-0.2, -0.15) is 0 Å². The molecule has 2 aromatic carbocycles. The van der Waals surface area contributed by atoms with Gasteiger partial charge in [-0.05, 0) is 30.7 Å². The van der Waals surface area contributed by atoms with Crippen molar-refractivity contribution in [2.75, 3.05) is 19.5 Å². The molecule has 6 heteroatoms. The van der Waals surface area contributed by atoms with Gasteiger partial charge in [0.2, 0.25) is 0 Å². The van der Waals surface area contributed by atoms with Gasteiger partial charge in [-0.25, -0.2) is 9.59 Å². The summed E-state index contributed by atoms with van der Waals surface area (Å²) >= 11 is 0. The summed E-state index contributed by atoms with van der Waals surface area (Å²) in [6.07, 6.45) is 1.03. The first kappa shape index (κ1) is 18.1. The second-order valence-corrected chi connectivity index (χ2v) is 5.06. The lowest BCUT2D eigenvalue weighted by Crippen LogP contribution is -2.16. The van der Waals surface area contributed by atoms with Crippen LogP contribution in [0, 0.1) is 6.92 Å². The number of para-hydroxylation sites is 2. The molecule has 2 rings (SSSR count). The summed E-state index contributed by atoms with van der Waals surface area (Å²) < 4.78 is 15.2. The number of carbonyl (C=O) groups excluding carboxylic acids is 2. The highest BCUT2D eigenvalue weighted by molar-refractivity contribution is 5.99. The molecule has 25 heavy (non-hydrogen) atoms. The third-order valence-electron chi connectivity index (χ3n) is 3.33. The lowest BCUT2D eigenvalue weighted by molar-refractivity contribution is -0.138. The Hall–Kier alpha value is -3.28. The molecule has 0 aliphatic heterocycles. The van der Waals surface area contributed by atoms with E-state index in [1.807, 2.05) is 49.4 Å². The Balaban J connectivity index is 2.38. The number of hydrogen-bond acceptors (Lipinski definition) is 6. The maximum Gasteiger partial charge on any atom is 0.354 e. The molecule has 0 spiro atoms. The molecule has 0 radical (unpaired) electrons. The van der Waals surface area contributed by atoms with Crippen LogP contribution in [-0.2, 0) is 19.1 Å². The zero-order valence-electron chi connectivity index (χ0n) is 14.2. The summed E-state index contributed by atoms with van der Waals surface area (Å²) in [4.78, 5) is 23.5. The molecule has 0 aliphatic rings. The van der Waals surface area contributed by atoms with E-state index in [1.165, 1.54) is 14.2 Å². The van der Waals surface area contributed by atoms with Crippen LogP contribution >= 0.6 is 0 Å². The van der Waals surface area contributed by atoms with Crippen LogP contribution in [0.5, 0.6) is 11.5 Å².